The number of nitrogens with two attached hydrogens (primary N) is 1. The third kappa shape index (κ3) is 2.58. The van der Waals surface area contributed by atoms with Crippen LogP contribution in [0.4, 0.5) is 19.0 Å². The zero-order valence-corrected chi connectivity index (χ0v) is 11.1. The number of anilines is 1. The van der Waals surface area contributed by atoms with Crippen LogP contribution in [0.5, 0.6) is 0 Å². The van der Waals surface area contributed by atoms with Crippen LogP contribution < -0.4 is 11.3 Å². The zero-order valence-electron chi connectivity index (χ0n) is 11.1. The molecule has 112 valence electrons. The molecular weight excluding hydrogens is 283 g/mol. The van der Waals surface area contributed by atoms with E-state index in [0.29, 0.717) is 0 Å². The van der Waals surface area contributed by atoms with Gasteiger partial charge < -0.3 is 5.43 Å². The number of nitrogens with zero attached hydrogens (tertiary/aromatic N) is 3. The molecule has 3 N–H and O–H groups in total. The Balaban J connectivity index is 2.12. The molecule has 2 aromatic heterocycles. The number of nitrogen functional groups attached to an aromatic ring is 1. The van der Waals surface area contributed by atoms with Crippen molar-refractivity contribution in [3.05, 3.63) is 35.4 Å². The summed E-state index contributed by atoms with van der Waals surface area (Å²) < 4.78 is 40.4. The number of hydrogen-bond donors (Lipinski definition) is 2. The number of nitrogens with one attached hydrogen (secondary N) is 1. The van der Waals surface area contributed by atoms with E-state index >= 15 is 0 Å². The second-order valence-electron chi connectivity index (χ2n) is 4.96. The monoisotopic (exact) mass is 297 g/mol. The van der Waals surface area contributed by atoms with E-state index in [9.17, 15) is 13.2 Å². The number of pyridine rings is 1. The second-order valence-corrected chi connectivity index (χ2v) is 4.96. The van der Waals surface area contributed by atoms with E-state index in [1.807, 2.05) is 0 Å². The first-order valence-electron chi connectivity index (χ1n) is 6.60. The van der Waals surface area contributed by atoms with E-state index in [0.717, 1.165) is 49.2 Å². The fourth-order valence-corrected chi connectivity index (χ4v) is 2.54. The molecule has 1 aliphatic carbocycles. The van der Waals surface area contributed by atoms with Gasteiger partial charge in [-0.2, -0.15) is 13.2 Å². The highest BCUT2D eigenvalue weighted by Gasteiger charge is 2.32. The molecule has 0 atom stereocenters. The Labute approximate surface area is 119 Å². The number of halogens is 3. The van der Waals surface area contributed by atoms with Crippen molar-refractivity contribution in [1.29, 1.82) is 0 Å². The van der Waals surface area contributed by atoms with Crippen LogP contribution in [0, 0.1) is 0 Å². The van der Waals surface area contributed by atoms with Crippen molar-refractivity contribution >= 4 is 5.82 Å². The minimum Gasteiger partial charge on any atom is -0.308 e. The van der Waals surface area contributed by atoms with E-state index in [1.165, 1.54) is 6.33 Å². The normalized spacial score (nSPS) is 14.9. The quantitative estimate of drug-likeness (QED) is 0.660. The summed E-state index contributed by atoms with van der Waals surface area (Å²) in [5.41, 5.74) is 3.24. The average Bonchev–Trinajstić information content (AvgIpc) is 2.89. The van der Waals surface area contributed by atoms with Gasteiger partial charge in [0.1, 0.15) is 18.0 Å². The maximum Gasteiger partial charge on any atom is 0.416 e. The standard InChI is InChI=1S/C13H14F3N5/c14-13(15,16)8-5-11(20-17)19-12(6-8)21-7-18-9-3-1-2-4-10(9)21/h5-7H,1-4,17H2,(H,19,20). The molecular formula is C13H14F3N5. The van der Waals surface area contributed by atoms with Crippen molar-refractivity contribution in [2.24, 2.45) is 5.84 Å². The minimum absolute atomic E-state index is 0.0296. The molecule has 3 rings (SSSR count). The summed E-state index contributed by atoms with van der Waals surface area (Å²) in [6.45, 7) is 0. The summed E-state index contributed by atoms with van der Waals surface area (Å²) in [6, 6.07) is 1.89. The maximum atomic E-state index is 12.9. The molecule has 2 aromatic rings. The molecule has 1 aliphatic rings. The molecule has 0 radical (unpaired) electrons. The first-order valence-corrected chi connectivity index (χ1v) is 6.60. The molecule has 0 aromatic carbocycles. The molecule has 0 fully saturated rings. The molecule has 0 saturated carbocycles. The molecule has 0 aliphatic heterocycles. The Kier molecular flexibility index (Phi) is 3.32. The van der Waals surface area contributed by atoms with Crippen molar-refractivity contribution in [2.45, 2.75) is 31.9 Å². The van der Waals surface area contributed by atoms with Crippen LogP contribution in [-0.4, -0.2) is 14.5 Å². The van der Waals surface area contributed by atoms with Gasteiger partial charge in [-0.25, -0.2) is 15.8 Å². The van der Waals surface area contributed by atoms with Gasteiger partial charge in [-0.1, -0.05) is 0 Å². The van der Waals surface area contributed by atoms with Crippen LogP contribution in [0.25, 0.3) is 5.82 Å². The Bertz CT molecular complexity index is 662. The van der Waals surface area contributed by atoms with Crippen LogP contribution in [0.3, 0.4) is 0 Å². The van der Waals surface area contributed by atoms with Gasteiger partial charge in [-0.3, -0.25) is 4.57 Å². The molecule has 8 heteroatoms. The van der Waals surface area contributed by atoms with Gasteiger partial charge in [0.2, 0.25) is 0 Å². The number of hydrazine groups is 1. The molecule has 0 unspecified atom stereocenters. The Morgan fingerprint density at radius 1 is 1.19 bits per heavy atom. The number of rotatable bonds is 2. The van der Waals surface area contributed by atoms with Crippen molar-refractivity contribution in [3.63, 3.8) is 0 Å². The minimum atomic E-state index is -4.45. The zero-order chi connectivity index (χ0) is 15.0. The predicted octanol–water partition coefficient (Wildman–Crippen LogP) is 2.45. The molecule has 0 spiro atoms. The van der Waals surface area contributed by atoms with E-state index in [2.05, 4.69) is 15.4 Å². The molecule has 0 bridgehead atoms. The van der Waals surface area contributed by atoms with Crippen LogP contribution in [0.2, 0.25) is 0 Å². The van der Waals surface area contributed by atoms with Crippen molar-refractivity contribution < 1.29 is 13.2 Å². The van der Waals surface area contributed by atoms with Gasteiger partial charge >= 0.3 is 6.18 Å². The first kappa shape index (κ1) is 13.9. The highest BCUT2D eigenvalue weighted by atomic mass is 19.4. The first-order chi connectivity index (χ1) is 9.99. The highest BCUT2D eigenvalue weighted by molar-refractivity contribution is 5.45. The van der Waals surface area contributed by atoms with E-state index in [-0.39, 0.29) is 11.6 Å². The van der Waals surface area contributed by atoms with Gasteiger partial charge in [0.15, 0.2) is 0 Å². The Morgan fingerprint density at radius 3 is 2.67 bits per heavy atom. The summed E-state index contributed by atoms with van der Waals surface area (Å²) in [7, 11) is 0. The van der Waals surface area contributed by atoms with Gasteiger partial charge in [0, 0.05) is 5.69 Å². The van der Waals surface area contributed by atoms with Gasteiger partial charge in [-0.05, 0) is 37.8 Å². The molecule has 2 heterocycles. The molecule has 0 saturated heterocycles. The lowest BCUT2D eigenvalue weighted by Gasteiger charge is -2.15. The van der Waals surface area contributed by atoms with Gasteiger partial charge in [-0.15, -0.1) is 0 Å². The predicted molar refractivity (Wildman–Crippen MR) is 70.8 cm³/mol. The average molecular weight is 297 g/mol. The lowest BCUT2D eigenvalue weighted by Crippen LogP contribution is -2.15. The van der Waals surface area contributed by atoms with Crippen molar-refractivity contribution in [1.82, 2.24) is 14.5 Å². The Hall–Kier alpha value is -2.09. The summed E-state index contributed by atoms with van der Waals surface area (Å²) in [6.07, 6.45) is 0.764. The number of alkyl halides is 3. The van der Waals surface area contributed by atoms with Crippen LogP contribution in [0.15, 0.2) is 18.5 Å². The number of fused-ring (bicyclic) bond motifs is 1. The second kappa shape index (κ2) is 5.03. The van der Waals surface area contributed by atoms with Crippen LogP contribution >= 0.6 is 0 Å². The lowest BCUT2D eigenvalue weighted by molar-refractivity contribution is -0.137. The fourth-order valence-electron chi connectivity index (χ4n) is 2.54. The van der Waals surface area contributed by atoms with E-state index < -0.39 is 11.7 Å². The number of imidazole rings is 1. The third-order valence-corrected chi connectivity index (χ3v) is 3.56. The SMILES string of the molecule is NNc1cc(C(F)(F)F)cc(-n2cnc3c2CCCC3)n1. The summed E-state index contributed by atoms with van der Waals surface area (Å²) >= 11 is 0. The molecule has 21 heavy (non-hydrogen) atoms. The van der Waals surface area contributed by atoms with Crippen LogP contribution in [0.1, 0.15) is 29.8 Å². The van der Waals surface area contributed by atoms with Gasteiger partial charge in [0.05, 0.1) is 11.3 Å². The smallest absolute Gasteiger partial charge is 0.308 e. The topological polar surface area (TPSA) is 68.8 Å². The van der Waals surface area contributed by atoms with Crippen molar-refractivity contribution in [2.75, 3.05) is 5.43 Å². The number of aryl methyl sites for hydroxylation is 1. The largest absolute Gasteiger partial charge is 0.416 e. The van der Waals surface area contributed by atoms with Crippen LogP contribution in [-0.2, 0) is 19.0 Å². The van der Waals surface area contributed by atoms with E-state index in [1.54, 1.807) is 4.57 Å². The van der Waals surface area contributed by atoms with E-state index in [4.69, 9.17) is 5.84 Å². The fraction of sp³-hybridized carbons (Fsp3) is 0.385. The number of hydrogen-bond acceptors (Lipinski definition) is 4. The maximum absolute atomic E-state index is 12.9. The Morgan fingerprint density at radius 2 is 1.95 bits per heavy atom. The molecule has 5 nitrogen and oxygen atoms in total. The summed E-state index contributed by atoms with van der Waals surface area (Å²) in [5, 5.41) is 0. The lowest BCUT2D eigenvalue weighted by atomic mass is 10.0. The number of aromatic nitrogens is 3. The van der Waals surface area contributed by atoms with Crippen molar-refractivity contribution in [3.8, 4) is 5.82 Å². The molecule has 0 amide bonds. The summed E-state index contributed by atoms with van der Waals surface area (Å²) in [4.78, 5) is 8.37. The van der Waals surface area contributed by atoms with Gasteiger partial charge in [0.25, 0.3) is 0 Å². The summed E-state index contributed by atoms with van der Waals surface area (Å²) in [5.74, 6) is 5.36. The third-order valence-electron chi connectivity index (χ3n) is 3.56. The highest BCUT2D eigenvalue weighted by Crippen LogP contribution is 2.32.